The third-order valence-electron chi connectivity index (χ3n) is 2.87. The van der Waals surface area contributed by atoms with E-state index in [4.69, 9.17) is 40.5 Å². The number of hydrogen-bond acceptors (Lipinski definition) is 2. The van der Waals surface area contributed by atoms with Crippen molar-refractivity contribution < 1.29 is 0 Å². The normalized spacial score (nSPS) is 11.2. The Hall–Kier alpha value is -0.690. The van der Waals surface area contributed by atoms with Crippen LogP contribution in [0.3, 0.4) is 0 Å². The van der Waals surface area contributed by atoms with E-state index in [-0.39, 0.29) is 0 Å². The highest BCUT2D eigenvalue weighted by molar-refractivity contribution is 14.1. The van der Waals surface area contributed by atoms with Gasteiger partial charge in [-0.3, -0.25) is 4.57 Å². The number of nitrogen functional groups attached to an aromatic ring is 1. The van der Waals surface area contributed by atoms with Gasteiger partial charge in [0.15, 0.2) is 0 Å². The molecule has 0 bridgehead atoms. The molecule has 3 rings (SSSR count). The van der Waals surface area contributed by atoms with Crippen molar-refractivity contribution in [1.29, 1.82) is 0 Å². The van der Waals surface area contributed by atoms with Crippen LogP contribution in [0.2, 0.25) is 15.1 Å². The zero-order valence-corrected chi connectivity index (χ0v) is 14.3. The number of nitrogens with zero attached hydrogens (tertiary/aromatic N) is 2. The number of aromatic nitrogens is 2. The zero-order chi connectivity index (χ0) is 14.4. The molecule has 1 heterocycles. The summed E-state index contributed by atoms with van der Waals surface area (Å²) < 4.78 is 2.84. The summed E-state index contributed by atoms with van der Waals surface area (Å²) in [4.78, 5) is 4.34. The van der Waals surface area contributed by atoms with Crippen molar-refractivity contribution in [3.63, 3.8) is 0 Å². The molecule has 3 nitrogen and oxygen atoms in total. The molecule has 3 aromatic rings. The topological polar surface area (TPSA) is 43.8 Å². The third-order valence-corrected chi connectivity index (χ3v) is 4.57. The molecule has 0 fully saturated rings. The van der Waals surface area contributed by atoms with Gasteiger partial charge in [0, 0.05) is 3.57 Å². The van der Waals surface area contributed by atoms with Crippen molar-refractivity contribution in [3.8, 4) is 5.69 Å². The average Bonchev–Trinajstić information content (AvgIpc) is 2.69. The van der Waals surface area contributed by atoms with E-state index in [1.54, 1.807) is 16.7 Å². The highest BCUT2D eigenvalue weighted by Crippen LogP contribution is 2.34. The van der Waals surface area contributed by atoms with Gasteiger partial charge in [-0.2, -0.15) is 0 Å². The molecule has 20 heavy (non-hydrogen) atoms. The van der Waals surface area contributed by atoms with Gasteiger partial charge in [0.1, 0.15) is 0 Å². The average molecular weight is 438 g/mol. The third kappa shape index (κ3) is 2.35. The Morgan fingerprint density at radius 3 is 2.45 bits per heavy atom. The van der Waals surface area contributed by atoms with Crippen LogP contribution in [-0.4, -0.2) is 9.55 Å². The Balaban J connectivity index is 2.35. The molecular weight excluding hydrogens is 431 g/mol. The molecule has 0 amide bonds. The Bertz CT molecular complexity index is 829. The van der Waals surface area contributed by atoms with E-state index >= 15 is 0 Å². The van der Waals surface area contributed by atoms with Crippen LogP contribution in [0.1, 0.15) is 0 Å². The van der Waals surface area contributed by atoms with E-state index in [2.05, 4.69) is 27.6 Å². The molecule has 0 aliphatic rings. The molecule has 0 radical (unpaired) electrons. The predicted octanol–water partition coefficient (Wildman–Crippen LogP) is 5.17. The fourth-order valence-corrected chi connectivity index (χ4v) is 3.11. The van der Waals surface area contributed by atoms with E-state index in [0.29, 0.717) is 26.7 Å². The first kappa shape index (κ1) is 14.3. The number of halogens is 4. The lowest BCUT2D eigenvalue weighted by Gasteiger charge is -2.10. The van der Waals surface area contributed by atoms with Gasteiger partial charge < -0.3 is 5.73 Å². The lowest BCUT2D eigenvalue weighted by molar-refractivity contribution is 1.11. The monoisotopic (exact) mass is 437 g/mol. The first-order chi connectivity index (χ1) is 9.47. The Morgan fingerprint density at radius 1 is 1.00 bits per heavy atom. The molecule has 2 N–H and O–H groups in total. The molecule has 0 aliphatic carbocycles. The quantitative estimate of drug-likeness (QED) is 0.421. The summed E-state index contributed by atoms with van der Waals surface area (Å²) in [5.41, 5.74) is 8.33. The minimum absolute atomic E-state index is 0.349. The van der Waals surface area contributed by atoms with Crippen molar-refractivity contribution in [3.05, 3.63) is 49.0 Å². The van der Waals surface area contributed by atoms with Crippen LogP contribution in [0, 0.1) is 3.57 Å². The van der Waals surface area contributed by atoms with Gasteiger partial charge in [0.2, 0.25) is 5.95 Å². The van der Waals surface area contributed by atoms with E-state index in [1.165, 1.54) is 0 Å². The van der Waals surface area contributed by atoms with Gasteiger partial charge in [-0.1, -0.05) is 34.8 Å². The Morgan fingerprint density at radius 2 is 1.70 bits per heavy atom. The van der Waals surface area contributed by atoms with Crippen molar-refractivity contribution >= 4 is 74.4 Å². The molecule has 0 saturated carbocycles. The van der Waals surface area contributed by atoms with Gasteiger partial charge in [0.05, 0.1) is 31.8 Å². The van der Waals surface area contributed by atoms with Gasteiger partial charge in [-0.15, -0.1) is 0 Å². The molecule has 0 aliphatic heterocycles. The highest BCUT2D eigenvalue weighted by atomic mass is 127. The number of rotatable bonds is 1. The van der Waals surface area contributed by atoms with Gasteiger partial charge in [-0.05, 0) is 52.9 Å². The number of benzene rings is 2. The van der Waals surface area contributed by atoms with Crippen molar-refractivity contribution in [2.24, 2.45) is 0 Å². The predicted molar refractivity (Wildman–Crippen MR) is 93.2 cm³/mol. The Labute approximate surface area is 143 Å². The first-order valence-electron chi connectivity index (χ1n) is 5.56. The number of imidazole rings is 1. The number of anilines is 1. The molecule has 0 unspecified atom stereocenters. The fourth-order valence-electron chi connectivity index (χ4n) is 2.01. The number of fused-ring (bicyclic) bond motifs is 1. The van der Waals surface area contributed by atoms with Crippen molar-refractivity contribution in [1.82, 2.24) is 9.55 Å². The molecule has 0 spiro atoms. The Kier molecular flexibility index (Phi) is 3.75. The van der Waals surface area contributed by atoms with Crippen LogP contribution in [0.4, 0.5) is 5.95 Å². The van der Waals surface area contributed by atoms with Crippen LogP contribution in [0.5, 0.6) is 0 Å². The van der Waals surface area contributed by atoms with Crippen LogP contribution in [0.25, 0.3) is 16.7 Å². The maximum absolute atomic E-state index is 6.25. The second-order valence-electron chi connectivity index (χ2n) is 4.16. The molecule has 0 saturated heterocycles. The van der Waals surface area contributed by atoms with E-state index in [0.717, 1.165) is 14.6 Å². The summed E-state index contributed by atoms with van der Waals surface area (Å²) in [6.07, 6.45) is 0. The molecule has 2 aromatic carbocycles. The largest absolute Gasteiger partial charge is 0.369 e. The summed E-state index contributed by atoms with van der Waals surface area (Å²) in [5.74, 6) is 0.349. The van der Waals surface area contributed by atoms with Crippen molar-refractivity contribution in [2.45, 2.75) is 0 Å². The first-order valence-corrected chi connectivity index (χ1v) is 7.77. The highest BCUT2D eigenvalue weighted by Gasteiger charge is 2.14. The fraction of sp³-hybridized carbons (Fsp3) is 0. The van der Waals surface area contributed by atoms with Gasteiger partial charge >= 0.3 is 0 Å². The molecule has 7 heteroatoms. The van der Waals surface area contributed by atoms with E-state index < -0.39 is 0 Å². The maximum Gasteiger partial charge on any atom is 0.205 e. The minimum atomic E-state index is 0.349. The van der Waals surface area contributed by atoms with Crippen LogP contribution >= 0.6 is 57.4 Å². The SMILES string of the molecule is Nc1nc2cc(I)ccc2n1-c1cc(Cl)c(Cl)cc1Cl. The molecule has 0 atom stereocenters. The molecular formula is C13H7Cl3IN3. The van der Waals surface area contributed by atoms with Crippen LogP contribution in [0.15, 0.2) is 30.3 Å². The summed E-state index contributed by atoms with van der Waals surface area (Å²) in [6, 6.07) is 9.15. The molecule has 102 valence electrons. The second-order valence-corrected chi connectivity index (χ2v) is 6.62. The standard InChI is InChI=1S/C13H7Cl3IN3/c14-7-4-9(16)12(5-8(7)15)20-11-2-1-6(17)3-10(11)19-13(20)18/h1-5H,(H2,18,19). The summed E-state index contributed by atoms with van der Waals surface area (Å²) in [7, 11) is 0. The zero-order valence-electron chi connectivity index (χ0n) is 9.87. The van der Waals surface area contributed by atoms with Crippen LogP contribution in [-0.2, 0) is 0 Å². The van der Waals surface area contributed by atoms with Gasteiger partial charge in [-0.25, -0.2) is 4.98 Å². The number of nitrogens with two attached hydrogens (primary N) is 1. The summed E-state index contributed by atoms with van der Waals surface area (Å²) in [5, 5.41) is 1.28. The van der Waals surface area contributed by atoms with Gasteiger partial charge in [0.25, 0.3) is 0 Å². The van der Waals surface area contributed by atoms with E-state index in [9.17, 15) is 0 Å². The lowest BCUT2D eigenvalue weighted by Crippen LogP contribution is -2.01. The smallest absolute Gasteiger partial charge is 0.205 e. The minimum Gasteiger partial charge on any atom is -0.369 e. The van der Waals surface area contributed by atoms with Crippen molar-refractivity contribution in [2.75, 3.05) is 5.73 Å². The molecule has 1 aromatic heterocycles. The summed E-state index contributed by atoms with van der Waals surface area (Å²) in [6.45, 7) is 0. The lowest BCUT2D eigenvalue weighted by atomic mass is 10.2. The number of hydrogen-bond donors (Lipinski definition) is 1. The van der Waals surface area contributed by atoms with E-state index in [1.807, 2.05) is 18.2 Å². The summed E-state index contributed by atoms with van der Waals surface area (Å²) >= 11 is 20.5. The second kappa shape index (κ2) is 5.26. The van der Waals surface area contributed by atoms with Crippen LogP contribution < -0.4 is 5.73 Å². The maximum atomic E-state index is 6.25.